The van der Waals surface area contributed by atoms with E-state index >= 15 is 0 Å². The van der Waals surface area contributed by atoms with Crippen LogP contribution in [0, 0.1) is 0 Å². The molecule has 0 aliphatic carbocycles. The minimum Gasteiger partial charge on any atom is -0.354 e. The molecule has 2 unspecified atom stereocenters. The third kappa shape index (κ3) is 8.05. The fraction of sp³-hybridized carbons (Fsp3) is 0.909. The fourth-order valence-corrected chi connectivity index (χ4v) is 1.50. The molecule has 0 aromatic carbocycles. The van der Waals surface area contributed by atoms with Gasteiger partial charge in [0.2, 0.25) is 5.91 Å². The molecule has 0 heterocycles. The highest BCUT2D eigenvalue weighted by molar-refractivity contribution is 5.76. The molecule has 2 atom stereocenters. The molecule has 1 amide bonds. The first kappa shape index (κ1) is 13.4. The lowest BCUT2D eigenvalue weighted by molar-refractivity contribution is -0.121. The van der Waals surface area contributed by atoms with Gasteiger partial charge < -0.3 is 11.1 Å². The first-order chi connectivity index (χ1) is 6.56. The molecule has 3 N–H and O–H groups in total. The van der Waals surface area contributed by atoms with Crippen molar-refractivity contribution in [2.45, 2.75) is 65.0 Å². The smallest absolute Gasteiger partial charge is 0.220 e. The predicted octanol–water partition coefficient (Wildman–Crippen LogP) is 1.81. The second-order valence-corrected chi connectivity index (χ2v) is 4.14. The summed E-state index contributed by atoms with van der Waals surface area (Å²) >= 11 is 0. The summed E-state index contributed by atoms with van der Waals surface area (Å²) in [6.45, 7) is 6.09. The van der Waals surface area contributed by atoms with Crippen molar-refractivity contribution in [1.29, 1.82) is 0 Å². The molecule has 0 aliphatic rings. The Morgan fingerprint density at radius 2 is 2.00 bits per heavy atom. The zero-order valence-corrected chi connectivity index (χ0v) is 9.68. The molecule has 0 spiro atoms. The maximum Gasteiger partial charge on any atom is 0.220 e. The van der Waals surface area contributed by atoms with E-state index in [1.54, 1.807) is 0 Å². The first-order valence-electron chi connectivity index (χ1n) is 5.61. The van der Waals surface area contributed by atoms with E-state index in [0.29, 0.717) is 6.42 Å². The van der Waals surface area contributed by atoms with Crippen molar-refractivity contribution in [3.8, 4) is 0 Å². The van der Waals surface area contributed by atoms with Crippen LogP contribution in [0.15, 0.2) is 0 Å². The highest BCUT2D eigenvalue weighted by Crippen LogP contribution is 2.00. The normalized spacial score (nSPS) is 14.9. The molecule has 0 saturated carbocycles. The topological polar surface area (TPSA) is 55.1 Å². The predicted molar refractivity (Wildman–Crippen MR) is 60.0 cm³/mol. The van der Waals surface area contributed by atoms with E-state index < -0.39 is 0 Å². The second kappa shape index (κ2) is 7.80. The van der Waals surface area contributed by atoms with E-state index in [1.165, 1.54) is 0 Å². The van der Waals surface area contributed by atoms with Crippen molar-refractivity contribution in [2.75, 3.05) is 0 Å². The van der Waals surface area contributed by atoms with Crippen LogP contribution in [0.4, 0.5) is 0 Å². The summed E-state index contributed by atoms with van der Waals surface area (Å²) < 4.78 is 0. The number of hydrogen-bond donors (Lipinski definition) is 2. The summed E-state index contributed by atoms with van der Waals surface area (Å²) in [5, 5.41) is 2.95. The molecule has 0 aromatic rings. The second-order valence-electron chi connectivity index (χ2n) is 4.14. The van der Waals surface area contributed by atoms with Gasteiger partial charge in [0.1, 0.15) is 0 Å². The van der Waals surface area contributed by atoms with Crippen molar-refractivity contribution >= 4 is 5.91 Å². The van der Waals surface area contributed by atoms with Gasteiger partial charge in [-0.2, -0.15) is 0 Å². The van der Waals surface area contributed by atoms with Gasteiger partial charge in [-0.3, -0.25) is 4.79 Å². The van der Waals surface area contributed by atoms with Gasteiger partial charge in [-0.1, -0.05) is 19.8 Å². The van der Waals surface area contributed by atoms with Crippen LogP contribution in [0.5, 0.6) is 0 Å². The molecule has 3 nitrogen and oxygen atoms in total. The van der Waals surface area contributed by atoms with E-state index in [1.807, 2.05) is 13.8 Å². The molecule has 0 aromatic heterocycles. The van der Waals surface area contributed by atoms with Gasteiger partial charge >= 0.3 is 0 Å². The molecule has 0 bridgehead atoms. The van der Waals surface area contributed by atoms with E-state index in [2.05, 4.69) is 12.2 Å². The molecule has 0 rings (SSSR count). The van der Waals surface area contributed by atoms with Crippen molar-refractivity contribution in [2.24, 2.45) is 5.73 Å². The molecule has 3 heteroatoms. The average Bonchev–Trinajstić information content (AvgIpc) is 2.02. The van der Waals surface area contributed by atoms with Gasteiger partial charge in [-0.05, 0) is 26.7 Å². The Kier molecular flexibility index (Phi) is 7.48. The maximum absolute atomic E-state index is 11.4. The lowest BCUT2D eigenvalue weighted by Gasteiger charge is -2.15. The number of hydrogen-bond acceptors (Lipinski definition) is 2. The van der Waals surface area contributed by atoms with Gasteiger partial charge in [0.25, 0.3) is 0 Å². The zero-order valence-electron chi connectivity index (χ0n) is 9.68. The Morgan fingerprint density at radius 1 is 1.36 bits per heavy atom. The molecule has 14 heavy (non-hydrogen) atoms. The van der Waals surface area contributed by atoms with Crippen LogP contribution in [-0.2, 0) is 4.79 Å². The number of carbonyl (C=O) groups excluding carboxylic acids is 1. The monoisotopic (exact) mass is 200 g/mol. The van der Waals surface area contributed by atoms with Crippen molar-refractivity contribution in [3.05, 3.63) is 0 Å². The summed E-state index contributed by atoms with van der Waals surface area (Å²) in [4.78, 5) is 11.4. The van der Waals surface area contributed by atoms with Crippen LogP contribution < -0.4 is 11.1 Å². The van der Waals surface area contributed by atoms with E-state index in [9.17, 15) is 4.79 Å². The number of amides is 1. The van der Waals surface area contributed by atoms with E-state index in [0.717, 1.165) is 25.7 Å². The van der Waals surface area contributed by atoms with Crippen LogP contribution >= 0.6 is 0 Å². The van der Waals surface area contributed by atoms with Crippen LogP contribution in [0.3, 0.4) is 0 Å². The lowest BCUT2D eigenvalue weighted by Crippen LogP contribution is -2.36. The Balaban J connectivity index is 3.50. The molecular weight excluding hydrogens is 176 g/mol. The van der Waals surface area contributed by atoms with Crippen LogP contribution in [0.2, 0.25) is 0 Å². The Labute approximate surface area is 87.4 Å². The Hall–Kier alpha value is -0.570. The zero-order chi connectivity index (χ0) is 11.0. The van der Waals surface area contributed by atoms with Crippen LogP contribution in [-0.4, -0.2) is 18.0 Å². The van der Waals surface area contributed by atoms with Crippen molar-refractivity contribution in [1.82, 2.24) is 5.32 Å². The van der Waals surface area contributed by atoms with Gasteiger partial charge in [-0.25, -0.2) is 0 Å². The first-order valence-corrected chi connectivity index (χ1v) is 5.61. The van der Waals surface area contributed by atoms with Gasteiger partial charge in [0.05, 0.1) is 0 Å². The SMILES string of the molecule is CCCCCC(=O)NC(C)CC(C)N. The fourth-order valence-electron chi connectivity index (χ4n) is 1.50. The minimum absolute atomic E-state index is 0.154. The quantitative estimate of drug-likeness (QED) is 0.616. The Bertz CT molecular complexity index is 157. The number of rotatable bonds is 7. The molecule has 0 aliphatic heterocycles. The summed E-state index contributed by atoms with van der Waals surface area (Å²) in [5.41, 5.74) is 5.64. The lowest BCUT2D eigenvalue weighted by atomic mass is 10.1. The molecule has 0 fully saturated rings. The van der Waals surface area contributed by atoms with E-state index in [-0.39, 0.29) is 18.0 Å². The van der Waals surface area contributed by atoms with Crippen LogP contribution in [0.25, 0.3) is 0 Å². The standard InChI is InChI=1S/C11H24N2O/c1-4-5-6-7-11(14)13-10(3)8-9(2)12/h9-10H,4-8,12H2,1-3H3,(H,13,14). The van der Waals surface area contributed by atoms with Gasteiger partial charge in [0, 0.05) is 18.5 Å². The number of nitrogens with two attached hydrogens (primary N) is 1. The van der Waals surface area contributed by atoms with Crippen molar-refractivity contribution < 1.29 is 4.79 Å². The van der Waals surface area contributed by atoms with E-state index in [4.69, 9.17) is 5.73 Å². The summed E-state index contributed by atoms with van der Waals surface area (Å²) in [7, 11) is 0. The summed E-state index contributed by atoms with van der Waals surface area (Å²) in [6, 6.07) is 0.352. The van der Waals surface area contributed by atoms with Crippen LogP contribution in [0.1, 0.15) is 52.9 Å². The third-order valence-corrected chi connectivity index (χ3v) is 2.14. The number of nitrogens with one attached hydrogen (secondary N) is 1. The highest BCUT2D eigenvalue weighted by Gasteiger charge is 2.08. The van der Waals surface area contributed by atoms with Gasteiger partial charge in [0.15, 0.2) is 0 Å². The molecule has 0 saturated heterocycles. The maximum atomic E-state index is 11.4. The summed E-state index contributed by atoms with van der Waals surface area (Å²) in [5.74, 6) is 0.159. The molecular formula is C11H24N2O. The van der Waals surface area contributed by atoms with Gasteiger partial charge in [-0.15, -0.1) is 0 Å². The number of unbranched alkanes of at least 4 members (excludes halogenated alkanes) is 2. The third-order valence-electron chi connectivity index (χ3n) is 2.14. The Morgan fingerprint density at radius 3 is 2.50 bits per heavy atom. The molecule has 0 radical (unpaired) electrons. The average molecular weight is 200 g/mol. The number of carbonyl (C=O) groups is 1. The minimum atomic E-state index is 0.154. The largest absolute Gasteiger partial charge is 0.354 e. The summed E-state index contributed by atoms with van der Waals surface area (Å²) in [6.07, 6.45) is 4.78. The van der Waals surface area contributed by atoms with Crippen molar-refractivity contribution in [3.63, 3.8) is 0 Å². The highest BCUT2D eigenvalue weighted by atomic mass is 16.1. The molecule has 84 valence electrons.